The van der Waals surface area contributed by atoms with Gasteiger partial charge < -0.3 is 4.43 Å². The van der Waals surface area contributed by atoms with Gasteiger partial charge in [-0.2, -0.15) is 0 Å². The summed E-state index contributed by atoms with van der Waals surface area (Å²) >= 11 is 0. The van der Waals surface area contributed by atoms with Crippen LogP contribution in [0.2, 0.25) is 5.04 Å². The van der Waals surface area contributed by atoms with Gasteiger partial charge in [-0.3, -0.25) is 0 Å². The predicted molar refractivity (Wildman–Crippen MR) is 115 cm³/mol. The van der Waals surface area contributed by atoms with E-state index in [4.69, 9.17) is 4.43 Å². The van der Waals surface area contributed by atoms with E-state index in [0.29, 0.717) is 0 Å². The first-order valence-electron chi connectivity index (χ1n) is 9.27. The molecule has 0 saturated heterocycles. The molecule has 0 radical (unpaired) electrons. The Hall–Kier alpha value is -0.786. The second kappa shape index (κ2) is 10.4. The molecule has 0 unspecified atom stereocenters. The van der Waals surface area contributed by atoms with Crippen LogP contribution in [-0.4, -0.2) is 33.8 Å². The van der Waals surface area contributed by atoms with Gasteiger partial charge in [0.2, 0.25) is 0 Å². The van der Waals surface area contributed by atoms with Crippen LogP contribution in [0.3, 0.4) is 0 Å². The molecule has 2 aromatic carbocycles. The molecule has 132 valence electrons. The summed E-state index contributed by atoms with van der Waals surface area (Å²) in [6.07, 6.45) is 4.97. The van der Waals surface area contributed by atoms with Crippen molar-refractivity contribution in [2.24, 2.45) is 0 Å². The molecule has 0 fully saturated rings. The van der Waals surface area contributed by atoms with Crippen LogP contribution in [0, 0.1) is 0 Å². The van der Waals surface area contributed by atoms with E-state index in [2.05, 4.69) is 88.4 Å². The van der Waals surface area contributed by atoms with Crippen molar-refractivity contribution in [3.05, 3.63) is 60.7 Å². The number of rotatable bonds is 8. The molecule has 0 aliphatic carbocycles. The summed E-state index contributed by atoms with van der Waals surface area (Å²) in [5.74, 6) is 0. The molecule has 1 nitrogen and oxygen atoms in total. The molecule has 0 aliphatic rings. The average molecular weight is 349 g/mol. The minimum atomic E-state index is -2.31. The Bertz CT molecular complexity index is 553. The maximum atomic E-state index is 6.85. The summed E-state index contributed by atoms with van der Waals surface area (Å²) in [5.41, 5.74) is 0. The second-order valence-corrected chi connectivity index (χ2v) is 11.9. The molecule has 25 heavy (non-hydrogen) atoms. The van der Waals surface area contributed by atoms with Crippen LogP contribution < -0.4 is 10.4 Å². The molecule has 0 bridgehead atoms. The van der Waals surface area contributed by atoms with Gasteiger partial charge in [0.1, 0.15) is 0 Å². The zero-order chi connectivity index (χ0) is 17.5. The van der Waals surface area contributed by atoms with Crippen LogP contribution in [0.15, 0.2) is 60.7 Å². The Morgan fingerprint density at radius 3 is 1.64 bits per heavy atom. The molecule has 0 N–H and O–H groups in total. The summed E-state index contributed by atoms with van der Waals surface area (Å²) < 4.78 is 6.85. The van der Waals surface area contributed by atoms with E-state index >= 15 is 0 Å². The molecule has 0 aromatic heterocycles. The zero-order valence-electron chi connectivity index (χ0n) is 15.7. The van der Waals surface area contributed by atoms with Gasteiger partial charge >= 0.3 is 18.9 Å². The van der Waals surface area contributed by atoms with Crippen LogP contribution >= 0.6 is 0 Å². The van der Waals surface area contributed by atoms with Crippen LogP contribution in [0.5, 0.6) is 0 Å². The standard InChI is InChI=1S/C22H32OSi.Li.H/c1-5-6-7-14-19-23-24(22(2,3)4,20-15-10-8-11-16-20)21-17-12-9-13-18-21;;/h8-13,15-18H,5-7,14,19H2,1-4H3;;. The second-order valence-electron chi connectivity index (χ2n) is 7.57. The maximum absolute atomic E-state index is 6.85. The molecule has 0 atom stereocenters. The number of unbranched alkanes of at least 4 members (excludes halogenated alkanes) is 3. The van der Waals surface area contributed by atoms with Crippen LogP contribution in [-0.2, 0) is 4.43 Å². The normalized spacial score (nSPS) is 11.8. The Labute approximate surface area is 167 Å². The fraction of sp³-hybridized carbons (Fsp3) is 0.455. The van der Waals surface area contributed by atoms with E-state index in [-0.39, 0.29) is 23.9 Å². The predicted octanol–water partition coefficient (Wildman–Crippen LogP) is 4.49. The van der Waals surface area contributed by atoms with E-state index < -0.39 is 8.32 Å². The van der Waals surface area contributed by atoms with E-state index in [1.54, 1.807) is 0 Å². The summed E-state index contributed by atoms with van der Waals surface area (Å²) in [6.45, 7) is 10.1. The Morgan fingerprint density at radius 2 is 1.24 bits per heavy atom. The Kier molecular flexibility index (Phi) is 9.24. The van der Waals surface area contributed by atoms with E-state index in [1.807, 2.05) is 0 Å². The topological polar surface area (TPSA) is 9.23 Å². The molecule has 2 rings (SSSR count). The van der Waals surface area contributed by atoms with Crippen molar-refractivity contribution in [1.29, 1.82) is 0 Å². The monoisotopic (exact) mass is 348 g/mol. The molecule has 0 saturated carbocycles. The fourth-order valence-electron chi connectivity index (χ4n) is 3.52. The molecule has 0 amide bonds. The van der Waals surface area contributed by atoms with E-state index in [0.717, 1.165) is 13.0 Å². The summed E-state index contributed by atoms with van der Waals surface area (Å²) in [5, 5.41) is 2.83. The van der Waals surface area contributed by atoms with Gasteiger partial charge in [-0.1, -0.05) is 108 Å². The minimum absolute atomic E-state index is 0. The SMILES string of the molecule is CCCCCCO[Si](c1ccccc1)(c1ccccc1)C(C)(C)C.[LiH]. The van der Waals surface area contributed by atoms with Crippen molar-refractivity contribution in [1.82, 2.24) is 0 Å². The molecule has 0 spiro atoms. The van der Waals surface area contributed by atoms with Crippen LogP contribution in [0.1, 0.15) is 53.4 Å². The van der Waals surface area contributed by atoms with Gasteiger partial charge in [-0.25, -0.2) is 0 Å². The third-order valence-corrected chi connectivity index (χ3v) is 9.78. The molecular formula is C22H33LiOSi. The quantitative estimate of drug-likeness (QED) is 0.504. The Balaban J connectivity index is 0.00000312. The van der Waals surface area contributed by atoms with Crippen molar-refractivity contribution in [3.63, 3.8) is 0 Å². The van der Waals surface area contributed by atoms with Crippen molar-refractivity contribution in [2.45, 2.75) is 58.4 Å². The summed E-state index contributed by atoms with van der Waals surface area (Å²) in [7, 11) is -2.31. The van der Waals surface area contributed by atoms with E-state index in [1.165, 1.54) is 29.6 Å². The number of benzene rings is 2. The summed E-state index contributed by atoms with van der Waals surface area (Å²) in [4.78, 5) is 0. The first-order valence-corrected chi connectivity index (χ1v) is 11.2. The van der Waals surface area contributed by atoms with Gasteiger partial charge in [0, 0.05) is 6.61 Å². The van der Waals surface area contributed by atoms with Gasteiger partial charge in [0.15, 0.2) is 0 Å². The van der Waals surface area contributed by atoms with Crippen molar-refractivity contribution in [2.75, 3.05) is 6.61 Å². The summed E-state index contributed by atoms with van der Waals surface area (Å²) in [6, 6.07) is 21.8. The number of hydrogen-bond donors (Lipinski definition) is 0. The molecule has 2 aromatic rings. The Morgan fingerprint density at radius 1 is 0.760 bits per heavy atom. The first kappa shape index (κ1) is 22.3. The zero-order valence-corrected chi connectivity index (χ0v) is 16.7. The van der Waals surface area contributed by atoms with E-state index in [9.17, 15) is 0 Å². The molecule has 0 aliphatic heterocycles. The fourth-order valence-corrected chi connectivity index (χ4v) is 8.12. The third kappa shape index (κ3) is 5.34. The van der Waals surface area contributed by atoms with Gasteiger partial charge in [0.25, 0.3) is 8.32 Å². The van der Waals surface area contributed by atoms with Crippen molar-refractivity contribution in [3.8, 4) is 0 Å². The number of hydrogen-bond acceptors (Lipinski definition) is 1. The van der Waals surface area contributed by atoms with Crippen LogP contribution in [0.25, 0.3) is 0 Å². The van der Waals surface area contributed by atoms with Gasteiger partial charge in [0.05, 0.1) is 0 Å². The molecule has 3 heteroatoms. The molecular weight excluding hydrogens is 315 g/mol. The third-order valence-electron chi connectivity index (χ3n) is 4.73. The van der Waals surface area contributed by atoms with Crippen molar-refractivity contribution >= 4 is 37.6 Å². The van der Waals surface area contributed by atoms with Gasteiger partial charge in [-0.05, 0) is 21.8 Å². The molecule has 0 heterocycles. The van der Waals surface area contributed by atoms with Crippen LogP contribution in [0.4, 0.5) is 0 Å². The van der Waals surface area contributed by atoms with Crippen molar-refractivity contribution < 1.29 is 4.43 Å². The average Bonchev–Trinajstić information content (AvgIpc) is 2.59. The van der Waals surface area contributed by atoms with Gasteiger partial charge in [-0.15, -0.1) is 0 Å². The first-order chi connectivity index (χ1) is 11.5.